The summed E-state index contributed by atoms with van der Waals surface area (Å²) >= 11 is 0. The van der Waals surface area contributed by atoms with Gasteiger partial charge in [0, 0.05) is 23.4 Å². The summed E-state index contributed by atoms with van der Waals surface area (Å²) in [6.45, 7) is 11.4. The van der Waals surface area contributed by atoms with Gasteiger partial charge in [-0.25, -0.2) is 0 Å². The van der Waals surface area contributed by atoms with Crippen LogP contribution in [0.3, 0.4) is 0 Å². The monoisotopic (exact) mass is 402 g/mol. The molecule has 4 rings (SSSR count). The molecule has 2 saturated carbocycles. The molecular weight excluding hydrogens is 360 g/mol. The van der Waals surface area contributed by atoms with Crippen molar-refractivity contribution in [3.8, 4) is 0 Å². The topological polar surface area (TPSA) is 58.2 Å². The molecule has 4 aliphatic rings. The Morgan fingerprint density at radius 3 is 2.24 bits per heavy atom. The molecule has 0 bridgehead atoms. The van der Waals surface area contributed by atoms with Crippen molar-refractivity contribution in [3.63, 3.8) is 0 Å². The zero-order valence-electron chi connectivity index (χ0n) is 19.3. The standard InChI is InChI=1S/C25H42N2O2/c1-6-24(5,14-17-9-10-25(11-12-25)27-21(17)28)13-16-7-8-18-19(15-23(2,3)4)22(29)26-20(16)18/h16-20H,6-15H2,1-5H3,(H,26,29)(H,27,28). The summed E-state index contributed by atoms with van der Waals surface area (Å²) in [5.74, 6) is 2.05. The number of carbonyl (C=O) groups is 2. The fraction of sp³-hybridized carbons (Fsp3) is 0.920. The molecule has 164 valence electrons. The van der Waals surface area contributed by atoms with E-state index in [0.717, 1.165) is 32.1 Å². The molecule has 2 aliphatic heterocycles. The highest BCUT2D eigenvalue weighted by atomic mass is 16.2. The molecule has 2 aliphatic carbocycles. The Morgan fingerprint density at radius 1 is 0.931 bits per heavy atom. The third-order valence-corrected chi connectivity index (χ3v) is 8.77. The second kappa shape index (κ2) is 7.27. The number of hydrogen-bond donors (Lipinski definition) is 2. The van der Waals surface area contributed by atoms with Gasteiger partial charge in [-0.1, -0.05) is 41.0 Å². The zero-order chi connectivity index (χ0) is 21.0. The van der Waals surface area contributed by atoms with Crippen molar-refractivity contribution in [1.82, 2.24) is 10.6 Å². The molecule has 0 radical (unpaired) electrons. The molecule has 4 nitrogen and oxygen atoms in total. The second-order valence-corrected chi connectivity index (χ2v) is 12.5. The maximum Gasteiger partial charge on any atom is 0.223 e. The molecule has 1 spiro atoms. The lowest BCUT2D eigenvalue weighted by Crippen LogP contribution is -2.47. The van der Waals surface area contributed by atoms with Gasteiger partial charge in [0.15, 0.2) is 0 Å². The van der Waals surface area contributed by atoms with Crippen molar-refractivity contribution in [2.24, 2.45) is 34.5 Å². The van der Waals surface area contributed by atoms with Crippen molar-refractivity contribution in [1.29, 1.82) is 0 Å². The molecule has 2 amide bonds. The maximum absolute atomic E-state index is 12.7. The van der Waals surface area contributed by atoms with E-state index in [0.29, 0.717) is 29.7 Å². The number of carbonyl (C=O) groups excluding carboxylic acids is 2. The highest BCUT2D eigenvalue weighted by molar-refractivity contribution is 5.82. The van der Waals surface area contributed by atoms with Gasteiger partial charge in [0.2, 0.25) is 11.8 Å². The molecule has 29 heavy (non-hydrogen) atoms. The predicted molar refractivity (Wildman–Crippen MR) is 116 cm³/mol. The quantitative estimate of drug-likeness (QED) is 0.669. The Labute approximate surface area is 177 Å². The molecular formula is C25H42N2O2. The fourth-order valence-electron chi connectivity index (χ4n) is 6.72. The summed E-state index contributed by atoms with van der Waals surface area (Å²) in [6, 6.07) is 0.357. The smallest absolute Gasteiger partial charge is 0.223 e. The summed E-state index contributed by atoms with van der Waals surface area (Å²) in [5, 5.41) is 6.73. The number of rotatable bonds is 6. The van der Waals surface area contributed by atoms with Crippen LogP contribution in [0.15, 0.2) is 0 Å². The first kappa shape index (κ1) is 21.2. The van der Waals surface area contributed by atoms with E-state index < -0.39 is 0 Å². The summed E-state index contributed by atoms with van der Waals surface area (Å²) in [7, 11) is 0. The van der Waals surface area contributed by atoms with Crippen LogP contribution in [0, 0.1) is 34.5 Å². The van der Waals surface area contributed by atoms with Crippen LogP contribution < -0.4 is 10.6 Å². The average molecular weight is 403 g/mol. The Balaban J connectivity index is 1.38. The van der Waals surface area contributed by atoms with Crippen LogP contribution in [0.2, 0.25) is 0 Å². The van der Waals surface area contributed by atoms with Gasteiger partial charge >= 0.3 is 0 Å². The zero-order valence-corrected chi connectivity index (χ0v) is 19.3. The largest absolute Gasteiger partial charge is 0.353 e. The minimum atomic E-state index is 0.176. The van der Waals surface area contributed by atoms with E-state index in [9.17, 15) is 9.59 Å². The first-order valence-corrected chi connectivity index (χ1v) is 12.2. The summed E-state index contributed by atoms with van der Waals surface area (Å²) in [4.78, 5) is 25.4. The molecule has 2 saturated heterocycles. The molecule has 2 heterocycles. The summed E-state index contributed by atoms with van der Waals surface area (Å²) in [6.07, 6.45) is 11.2. The number of amides is 2. The van der Waals surface area contributed by atoms with E-state index in [-0.39, 0.29) is 28.2 Å². The second-order valence-electron chi connectivity index (χ2n) is 12.5. The number of piperidine rings is 1. The van der Waals surface area contributed by atoms with Gasteiger partial charge in [0.05, 0.1) is 0 Å². The number of hydrogen-bond acceptors (Lipinski definition) is 2. The van der Waals surface area contributed by atoms with Crippen molar-refractivity contribution < 1.29 is 9.59 Å². The lowest BCUT2D eigenvalue weighted by atomic mass is 9.69. The molecule has 4 heteroatoms. The van der Waals surface area contributed by atoms with E-state index >= 15 is 0 Å². The van der Waals surface area contributed by atoms with Crippen LogP contribution in [0.25, 0.3) is 0 Å². The fourth-order valence-corrected chi connectivity index (χ4v) is 6.72. The average Bonchev–Trinajstić information content (AvgIpc) is 3.17. The van der Waals surface area contributed by atoms with Crippen molar-refractivity contribution >= 4 is 11.8 Å². The van der Waals surface area contributed by atoms with E-state index in [1.807, 2.05) is 0 Å². The summed E-state index contributed by atoms with van der Waals surface area (Å²) < 4.78 is 0. The highest BCUT2D eigenvalue weighted by Crippen LogP contribution is 2.51. The van der Waals surface area contributed by atoms with Crippen LogP contribution in [0.5, 0.6) is 0 Å². The first-order valence-electron chi connectivity index (χ1n) is 12.2. The van der Waals surface area contributed by atoms with Crippen molar-refractivity contribution in [3.05, 3.63) is 0 Å². The van der Waals surface area contributed by atoms with Gasteiger partial charge < -0.3 is 10.6 Å². The summed E-state index contributed by atoms with van der Waals surface area (Å²) in [5.41, 5.74) is 0.563. The van der Waals surface area contributed by atoms with Gasteiger partial charge in [-0.05, 0) is 80.5 Å². The molecule has 0 aromatic carbocycles. The Kier molecular flexibility index (Phi) is 5.31. The normalized spacial score (nSPS) is 37.8. The Hall–Kier alpha value is -1.06. The van der Waals surface area contributed by atoms with Gasteiger partial charge in [0.25, 0.3) is 0 Å². The molecule has 0 aromatic rings. The SMILES string of the molecule is CCC(C)(CC1CCC2(CC2)NC1=O)CC1CCC2C(CC(C)(C)C)C(=O)NC12. The van der Waals surface area contributed by atoms with Crippen LogP contribution in [0.4, 0.5) is 0 Å². The Morgan fingerprint density at radius 2 is 1.66 bits per heavy atom. The lowest BCUT2D eigenvalue weighted by molar-refractivity contribution is -0.129. The first-order chi connectivity index (χ1) is 13.5. The Bertz CT molecular complexity index is 662. The van der Waals surface area contributed by atoms with E-state index in [1.165, 1.54) is 32.1 Å². The third kappa shape index (κ3) is 4.37. The highest BCUT2D eigenvalue weighted by Gasteiger charge is 2.52. The van der Waals surface area contributed by atoms with Crippen LogP contribution >= 0.6 is 0 Å². The molecule has 4 fully saturated rings. The molecule has 6 atom stereocenters. The minimum Gasteiger partial charge on any atom is -0.353 e. The predicted octanol–water partition coefficient (Wildman–Crippen LogP) is 4.82. The van der Waals surface area contributed by atoms with E-state index in [4.69, 9.17) is 0 Å². The van der Waals surface area contributed by atoms with Crippen molar-refractivity contribution in [2.45, 2.75) is 110 Å². The molecule has 2 N–H and O–H groups in total. The lowest BCUT2D eigenvalue weighted by Gasteiger charge is -2.38. The van der Waals surface area contributed by atoms with Crippen LogP contribution in [-0.4, -0.2) is 23.4 Å². The van der Waals surface area contributed by atoms with Gasteiger partial charge in [0.1, 0.15) is 0 Å². The molecule has 0 aromatic heterocycles. The van der Waals surface area contributed by atoms with Crippen molar-refractivity contribution in [2.75, 3.05) is 0 Å². The third-order valence-electron chi connectivity index (χ3n) is 8.77. The number of nitrogens with one attached hydrogen (secondary N) is 2. The minimum absolute atomic E-state index is 0.176. The van der Waals surface area contributed by atoms with Gasteiger partial charge in [-0.15, -0.1) is 0 Å². The van der Waals surface area contributed by atoms with E-state index in [1.54, 1.807) is 0 Å². The van der Waals surface area contributed by atoms with Gasteiger partial charge in [-0.2, -0.15) is 0 Å². The molecule has 6 unspecified atom stereocenters. The van der Waals surface area contributed by atoms with E-state index in [2.05, 4.69) is 45.3 Å². The van der Waals surface area contributed by atoms with Crippen LogP contribution in [-0.2, 0) is 9.59 Å². The maximum atomic E-state index is 12.7. The number of fused-ring (bicyclic) bond motifs is 1. The van der Waals surface area contributed by atoms with Gasteiger partial charge in [-0.3, -0.25) is 9.59 Å². The van der Waals surface area contributed by atoms with Crippen LogP contribution in [0.1, 0.15) is 98.8 Å².